The van der Waals surface area contributed by atoms with Gasteiger partial charge in [0, 0.05) is 30.4 Å². The number of hydrogen-bond acceptors (Lipinski definition) is 6. The van der Waals surface area contributed by atoms with Gasteiger partial charge in [-0.15, -0.1) is 5.10 Å². The van der Waals surface area contributed by atoms with Crippen LogP contribution in [0.3, 0.4) is 0 Å². The maximum absolute atomic E-state index is 12.6. The van der Waals surface area contributed by atoms with E-state index in [-0.39, 0.29) is 17.7 Å². The van der Waals surface area contributed by atoms with Gasteiger partial charge in [0.1, 0.15) is 5.82 Å². The fourth-order valence-electron chi connectivity index (χ4n) is 3.02. The van der Waals surface area contributed by atoms with Crippen molar-refractivity contribution in [2.24, 2.45) is 5.92 Å². The van der Waals surface area contributed by atoms with Crippen molar-refractivity contribution in [3.8, 4) is 0 Å². The van der Waals surface area contributed by atoms with Crippen LogP contribution in [0.2, 0.25) is 0 Å². The topological polar surface area (TPSA) is 99.7 Å². The predicted molar refractivity (Wildman–Crippen MR) is 95.5 cm³/mol. The predicted octanol–water partition coefficient (Wildman–Crippen LogP) is 2.19. The molecule has 8 nitrogen and oxygen atoms in total. The molecule has 1 amide bonds. The lowest BCUT2D eigenvalue weighted by molar-refractivity contribution is -0.120. The Morgan fingerprint density at radius 2 is 2.00 bits per heavy atom. The van der Waals surface area contributed by atoms with Crippen molar-refractivity contribution in [2.45, 2.75) is 46.5 Å². The molecule has 0 aromatic carbocycles. The first kappa shape index (κ1) is 17.3. The van der Waals surface area contributed by atoms with Crippen LogP contribution >= 0.6 is 0 Å². The van der Waals surface area contributed by atoms with Crippen molar-refractivity contribution in [2.75, 3.05) is 23.3 Å². The highest BCUT2D eigenvalue weighted by Crippen LogP contribution is 2.22. The molecule has 0 unspecified atom stereocenters. The number of nitrogens with one attached hydrogen (secondary N) is 2. The van der Waals surface area contributed by atoms with Gasteiger partial charge in [-0.2, -0.15) is 4.98 Å². The molecular formula is C17H25N7O. The van der Waals surface area contributed by atoms with Crippen molar-refractivity contribution < 1.29 is 4.79 Å². The highest BCUT2D eigenvalue weighted by Gasteiger charge is 2.28. The van der Waals surface area contributed by atoms with Gasteiger partial charge in [0.05, 0.1) is 5.92 Å². The first-order valence-electron chi connectivity index (χ1n) is 8.72. The molecule has 2 N–H and O–H groups in total. The molecule has 1 aliphatic heterocycles. The van der Waals surface area contributed by atoms with Crippen LogP contribution in [0.1, 0.15) is 49.8 Å². The Bertz CT molecular complexity index is 735. The molecule has 0 radical (unpaired) electrons. The zero-order valence-electron chi connectivity index (χ0n) is 15.2. The molecule has 0 spiro atoms. The molecule has 1 saturated heterocycles. The molecule has 2 aromatic heterocycles. The monoisotopic (exact) mass is 343 g/mol. The average molecular weight is 343 g/mol. The Balaban J connectivity index is 1.66. The Morgan fingerprint density at radius 1 is 1.28 bits per heavy atom. The summed E-state index contributed by atoms with van der Waals surface area (Å²) in [6.07, 6.45) is 1.77. The first-order chi connectivity index (χ1) is 11.9. The van der Waals surface area contributed by atoms with Crippen LogP contribution in [0.25, 0.3) is 0 Å². The van der Waals surface area contributed by atoms with Crippen LogP contribution in [0.5, 0.6) is 0 Å². The lowest BCUT2D eigenvalue weighted by Crippen LogP contribution is -2.41. The summed E-state index contributed by atoms with van der Waals surface area (Å²) in [6.45, 7) is 9.44. The summed E-state index contributed by atoms with van der Waals surface area (Å²) in [6, 6.07) is 1.95. The molecule has 3 rings (SSSR count). The second-order valence-corrected chi connectivity index (χ2v) is 6.92. The number of piperidine rings is 1. The van der Waals surface area contributed by atoms with Crippen molar-refractivity contribution in [1.82, 2.24) is 25.1 Å². The standard InChI is InChI=1S/C17H25N7O/c1-10(2)14-20-16(23-22-14)21-15(25)13-6-5-7-24(9-13)17-18-11(3)8-12(4)19-17/h8,10,13H,5-7,9H2,1-4H3,(H2,20,21,22,23,25)/t13-/m1/s1. The van der Waals surface area contributed by atoms with E-state index >= 15 is 0 Å². The Kier molecular flexibility index (Phi) is 4.96. The molecule has 8 heteroatoms. The maximum Gasteiger partial charge on any atom is 0.248 e. The zero-order chi connectivity index (χ0) is 18.0. The average Bonchev–Trinajstić information content (AvgIpc) is 3.03. The number of carbonyl (C=O) groups excluding carboxylic acids is 1. The number of H-pyrrole nitrogens is 1. The van der Waals surface area contributed by atoms with Crippen LogP contribution in [0.15, 0.2) is 6.07 Å². The zero-order valence-corrected chi connectivity index (χ0v) is 15.2. The van der Waals surface area contributed by atoms with Gasteiger partial charge >= 0.3 is 0 Å². The highest BCUT2D eigenvalue weighted by atomic mass is 16.2. The largest absolute Gasteiger partial charge is 0.340 e. The molecule has 2 aromatic rings. The number of aryl methyl sites for hydroxylation is 2. The van der Waals surface area contributed by atoms with E-state index in [1.165, 1.54) is 0 Å². The summed E-state index contributed by atoms with van der Waals surface area (Å²) in [5.41, 5.74) is 1.88. The molecule has 0 aliphatic carbocycles. The van der Waals surface area contributed by atoms with Gasteiger partial charge in [-0.3, -0.25) is 15.2 Å². The molecular weight excluding hydrogens is 318 g/mol. The number of nitrogens with zero attached hydrogens (tertiary/aromatic N) is 5. The van der Waals surface area contributed by atoms with Gasteiger partial charge < -0.3 is 4.90 Å². The van der Waals surface area contributed by atoms with Crippen LogP contribution in [-0.2, 0) is 4.79 Å². The van der Waals surface area contributed by atoms with Crippen LogP contribution in [0.4, 0.5) is 11.9 Å². The fraction of sp³-hybridized carbons (Fsp3) is 0.588. The Morgan fingerprint density at radius 3 is 2.64 bits per heavy atom. The van der Waals surface area contributed by atoms with Gasteiger partial charge in [-0.05, 0) is 32.8 Å². The van der Waals surface area contributed by atoms with E-state index < -0.39 is 0 Å². The van der Waals surface area contributed by atoms with Gasteiger partial charge in [-0.25, -0.2) is 9.97 Å². The van der Waals surface area contributed by atoms with Gasteiger partial charge in [0.2, 0.25) is 17.8 Å². The summed E-state index contributed by atoms with van der Waals surface area (Å²) < 4.78 is 0. The minimum absolute atomic E-state index is 0.0524. The molecule has 0 saturated carbocycles. The third kappa shape index (κ3) is 4.12. The number of rotatable bonds is 4. The van der Waals surface area contributed by atoms with Crippen LogP contribution < -0.4 is 10.2 Å². The molecule has 3 heterocycles. The minimum Gasteiger partial charge on any atom is -0.340 e. The number of aromatic nitrogens is 5. The van der Waals surface area contributed by atoms with Crippen molar-refractivity contribution >= 4 is 17.8 Å². The minimum atomic E-state index is -0.126. The molecule has 1 fully saturated rings. The summed E-state index contributed by atoms with van der Waals surface area (Å²) in [5, 5.41) is 9.74. The van der Waals surface area contributed by atoms with E-state index in [9.17, 15) is 4.79 Å². The van der Waals surface area contributed by atoms with E-state index in [0.717, 1.165) is 36.6 Å². The van der Waals surface area contributed by atoms with Crippen LogP contribution in [-0.4, -0.2) is 44.1 Å². The fourth-order valence-corrected chi connectivity index (χ4v) is 3.02. The summed E-state index contributed by atoms with van der Waals surface area (Å²) >= 11 is 0. The lowest BCUT2D eigenvalue weighted by Gasteiger charge is -2.32. The smallest absolute Gasteiger partial charge is 0.248 e. The lowest BCUT2D eigenvalue weighted by atomic mass is 9.97. The summed E-state index contributed by atoms with van der Waals surface area (Å²) in [4.78, 5) is 28.0. The van der Waals surface area contributed by atoms with Crippen molar-refractivity contribution in [3.05, 3.63) is 23.3 Å². The number of hydrogen-bond donors (Lipinski definition) is 2. The Hall–Kier alpha value is -2.51. The van der Waals surface area contributed by atoms with Crippen molar-refractivity contribution in [3.63, 3.8) is 0 Å². The highest BCUT2D eigenvalue weighted by molar-refractivity contribution is 5.91. The molecule has 1 aliphatic rings. The van der Waals surface area contributed by atoms with E-state index in [2.05, 4.69) is 35.4 Å². The van der Waals surface area contributed by atoms with E-state index in [4.69, 9.17) is 0 Å². The second-order valence-electron chi connectivity index (χ2n) is 6.92. The van der Waals surface area contributed by atoms with Crippen molar-refractivity contribution in [1.29, 1.82) is 0 Å². The SMILES string of the molecule is Cc1cc(C)nc(N2CCC[C@@H](C(=O)Nc3n[nH]c(C(C)C)n3)C2)n1. The number of aromatic amines is 1. The molecule has 25 heavy (non-hydrogen) atoms. The molecule has 0 bridgehead atoms. The third-order valence-electron chi connectivity index (χ3n) is 4.33. The van der Waals surface area contributed by atoms with E-state index in [1.807, 2.05) is 33.8 Å². The van der Waals surface area contributed by atoms with E-state index in [1.54, 1.807) is 0 Å². The third-order valence-corrected chi connectivity index (χ3v) is 4.33. The summed E-state index contributed by atoms with van der Waals surface area (Å²) in [7, 11) is 0. The molecule has 134 valence electrons. The number of carbonyl (C=O) groups is 1. The quantitative estimate of drug-likeness (QED) is 0.883. The van der Waals surface area contributed by atoms with Gasteiger partial charge in [0.25, 0.3) is 0 Å². The summed E-state index contributed by atoms with van der Waals surface area (Å²) in [5.74, 6) is 1.88. The van der Waals surface area contributed by atoms with Gasteiger partial charge in [-0.1, -0.05) is 13.8 Å². The normalized spacial score (nSPS) is 17.8. The van der Waals surface area contributed by atoms with Crippen LogP contribution in [0, 0.1) is 19.8 Å². The molecule has 1 atom stereocenters. The second kappa shape index (κ2) is 7.16. The Labute approximate surface area is 147 Å². The number of amides is 1. The maximum atomic E-state index is 12.6. The first-order valence-corrected chi connectivity index (χ1v) is 8.72. The van der Waals surface area contributed by atoms with E-state index in [0.29, 0.717) is 18.4 Å². The van der Waals surface area contributed by atoms with Gasteiger partial charge in [0.15, 0.2) is 0 Å². The number of anilines is 2.